The first-order valence-electron chi connectivity index (χ1n) is 14.1. The molecule has 54 heavy (non-hydrogen) atoms. The van der Waals surface area contributed by atoms with Crippen LogP contribution in [0.1, 0.15) is 15.9 Å². The first kappa shape index (κ1) is 45.7. The van der Waals surface area contributed by atoms with Crippen molar-refractivity contribution in [2.75, 3.05) is 22.7 Å². The Kier molecular flexibility index (Phi) is 14.9. The van der Waals surface area contributed by atoms with E-state index in [9.17, 15) is 48.1 Å². The van der Waals surface area contributed by atoms with E-state index in [0.29, 0.717) is 5.69 Å². The molecule has 1 aliphatic carbocycles. The fourth-order valence-corrected chi connectivity index (χ4v) is 7.32. The number of rotatable bonds is 9. The molecule has 1 heterocycles. The molecule has 0 bridgehead atoms. The maximum atomic E-state index is 14.4. The monoisotopic (exact) mass is 821 g/mol. The van der Waals surface area contributed by atoms with Crippen molar-refractivity contribution < 1.29 is 137 Å². The van der Waals surface area contributed by atoms with E-state index in [4.69, 9.17) is 0 Å². The number of carbonyl (C=O) groups is 1. The smallest absolute Gasteiger partial charge is 0.744 e. The van der Waals surface area contributed by atoms with E-state index in [0.717, 1.165) is 36.4 Å². The van der Waals surface area contributed by atoms with E-state index in [2.05, 4.69) is 30.8 Å². The number of aromatic nitrogens is 3. The summed E-state index contributed by atoms with van der Waals surface area (Å²) in [6, 6.07) is 17.4. The molecule has 0 atom stereocenters. The van der Waals surface area contributed by atoms with Gasteiger partial charge in [0.1, 0.15) is 36.1 Å². The third kappa shape index (κ3) is 9.80. The molecular formula is C30H19FN7Na3O10S3. The van der Waals surface area contributed by atoms with Crippen molar-refractivity contribution in [3.05, 3.63) is 101 Å². The largest absolute Gasteiger partial charge is 1.00 e. The van der Waals surface area contributed by atoms with Gasteiger partial charge in [0.2, 0.25) is 17.7 Å². The van der Waals surface area contributed by atoms with Gasteiger partial charge in [-0.15, -0.1) is 0 Å². The molecule has 0 amide bonds. The molecule has 262 valence electrons. The third-order valence-corrected chi connectivity index (χ3v) is 10.1. The number of hydrogen-bond acceptors (Lipinski definition) is 17. The number of halogens is 1. The van der Waals surface area contributed by atoms with Crippen LogP contribution in [0, 0.1) is 6.08 Å². The second kappa shape index (κ2) is 17.6. The molecule has 6 rings (SSSR count). The fraction of sp³-hybridized carbons (Fsp3) is 0.0333. The summed E-state index contributed by atoms with van der Waals surface area (Å²) < 4.78 is 123. The number of benzene rings is 4. The van der Waals surface area contributed by atoms with Gasteiger partial charge in [-0.1, -0.05) is 36.4 Å². The predicted octanol–water partition coefficient (Wildman–Crippen LogP) is -5.95. The number of nitrogens with one attached hydrogen (secondary N) is 2. The molecule has 0 radical (unpaired) electrons. The molecule has 24 heteroatoms. The summed E-state index contributed by atoms with van der Waals surface area (Å²) >= 11 is 0. The molecule has 1 aromatic heterocycles. The van der Waals surface area contributed by atoms with Crippen LogP contribution in [-0.2, 0) is 30.4 Å². The number of allylic oxidation sites excluding steroid dienone is 1. The Bertz CT molecular complexity index is 2690. The normalized spacial score (nSPS) is 13.5. The summed E-state index contributed by atoms with van der Waals surface area (Å²) in [5.74, 6) is -1.42. The van der Waals surface area contributed by atoms with Crippen LogP contribution in [0.2, 0.25) is 0 Å². The minimum absolute atomic E-state index is 0. The molecule has 17 nitrogen and oxygen atoms in total. The minimum atomic E-state index is -5.44. The molecule has 2 N–H and O–H groups in total. The number of para-hydroxylation sites is 1. The topological polar surface area (TPSA) is 267 Å². The number of hydrazone groups is 1. The van der Waals surface area contributed by atoms with Gasteiger partial charge in [0.05, 0.1) is 20.4 Å². The maximum Gasteiger partial charge on any atom is 1.00 e. The molecule has 0 unspecified atom stereocenters. The Hall–Kier alpha value is -2.71. The van der Waals surface area contributed by atoms with Crippen LogP contribution >= 0.6 is 0 Å². The van der Waals surface area contributed by atoms with Crippen molar-refractivity contribution in [2.45, 2.75) is 9.79 Å². The molecule has 1 aliphatic rings. The Balaban J connectivity index is 0.00000261. The summed E-state index contributed by atoms with van der Waals surface area (Å²) in [5.41, 5.74) is 1.04. The average molecular weight is 822 g/mol. The molecule has 4 aromatic carbocycles. The summed E-state index contributed by atoms with van der Waals surface area (Å²) in [6.07, 6.45) is -0.300. The van der Waals surface area contributed by atoms with Gasteiger partial charge in [-0.2, -0.15) is 24.4 Å². The Morgan fingerprint density at radius 3 is 2.07 bits per heavy atom. The van der Waals surface area contributed by atoms with E-state index in [-0.39, 0.29) is 117 Å². The van der Waals surface area contributed by atoms with Crippen LogP contribution < -0.4 is 104 Å². The van der Waals surface area contributed by atoms with E-state index < -0.39 is 79.1 Å². The second-order valence-electron chi connectivity index (χ2n) is 10.6. The zero-order valence-electron chi connectivity index (χ0n) is 28.5. The van der Waals surface area contributed by atoms with Crippen LogP contribution in [0.5, 0.6) is 0 Å². The minimum Gasteiger partial charge on any atom is -0.744 e. The zero-order valence-corrected chi connectivity index (χ0v) is 37.0. The summed E-state index contributed by atoms with van der Waals surface area (Å²) in [5, 5.41) is 5.52. The van der Waals surface area contributed by atoms with Crippen molar-refractivity contribution >= 4 is 87.7 Å². The number of ketones is 1. The quantitative estimate of drug-likeness (QED) is 0.0796. The number of nitrogens with zero attached hydrogens (tertiary/aromatic N) is 5. The summed E-state index contributed by atoms with van der Waals surface area (Å²) in [4.78, 5) is 23.5. The third-order valence-electron chi connectivity index (χ3n) is 7.38. The van der Waals surface area contributed by atoms with Gasteiger partial charge < -0.3 is 23.9 Å². The van der Waals surface area contributed by atoms with Crippen molar-refractivity contribution in [1.82, 2.24) is 15.0 Å². The number of Topliss-reactive ketones (excluding diaryl/α,β-unsaturated/α-hetero) is 1. The first-order valence-corrected chi connectivity index (χ1v) is 18.3. The van der Waals surface area contributed by atoms with Gasteiger partial charge in [-0.3, -0.25) is 10.2 Å². The van der Waals surface area contributed by atoms with Crippen LogP contribution in [0.4, 0.5) is 33.3 Å². The Morgan fingerprint density at radius 1 is 0.759 bits per heavy atom. The van der Waals surface area contributed by atoms with Crippen molar-refractivity contribution in [2.24, 2.45) is 5.10 Å². The standard InChI is InChI=1S/C30H22FN7O10S3.3Na/c1-38(18-6-3-2-4-7-18)30-34-28(31)33-29(35-30)32-17-10-11-19-16(14-17)15-24(50(43,44)45)25(26(19)39)37-36-22-13-12-20-21(27(22)51(46,47)48)8-5-9-23(20)49(40,41)42;;;/h2-15,36H,1H3,(H,40,41,42)(H,43,44,45)(H,46,47,48)(H,32,33,34,35);;;/q;3*+1/p-3. The first-order chi connectivity index (χ1) is 23.9. The van der Waals surface area contributed by atoms with Crippen LogP contribution in [0.15, 0.2) is 98.7 Å². The number of anilines is 5. The van der Waals surface area contributed by atoms with Crippen LogP contribution in [0.3, 0.4) is 0 Å². The van der Waals surface area contributed by atoms with Crippen molar-refractivity contribution in [3.8, 4) is 0 Å². The van der Waals surface area contributed by atoms with E-state index >= 15 is 0 Å². The fourth-order valence-electron chi connectivity index (χ4n) is 5.15. The van der Waals surface area contributed by atoms with Gasteiger partial charge in [-0.05, 0) is 54.1 Å². The van der Waals surface area contributed by atoms with Gasteiger partial charge in [0, 0.05) is 34.8 Å². The Labute approximate surface area is 373 Å². The van der Waals surface area contributed by atoms with Crippen molar-refractivity contribution in [1.29, 1.82) is 0 Å². The number of carbonyl (C=O) groups excluding carboxylic acids is 1. The average Bonchev–Trinajstić information content (AvgIpc) is 3.05. The Morgan fingerprint density at radius 2 is 1.44 bits per heavy atom. The van der Waals surface area contributed by atoms with Gasteiger partial charge >= 0.3 is 94.8 Å². The number of hydrogen-bond donors (Lipinski definition) is 2. The predicted molar refractivity (Wildman–Crippen MR) is 177 cm³/mol. The SMILES string of the molecule is CN(c1ccccc1)c1nc(F)nc(Nc2ccc3c(c2)C=C(S(=O)(=O)[O-])C(=NNc2ccc4c(S(=O)(=O)[O-])cccc4c2S(=O)(=O)[O-])C3=O)n1.[Na+].[Na+].[Na+]. The second-order valence-corrected chi connectivity index (χ2v) is 14.6. The molecule has 0 aliphatic heterocycles. The molecule has 0 spiro atoms. The van der Waals surface area contributed by atoms with E-state index in [1.807, 2.05) is 0 Å². The van der Waals surface area contributed by atoms with E-state index in [1.54, 1.807) is 37.4 Å². The number of fused-ring (bicyclic) bond motifs is 2. The van der Waals surface area contributed by atoms with E-state index in [1.165, 1.54) is 23.1 Å². The van der Waals surface area contributed by atoms with Crippen LogP contribution in [0.25, 0.3) is 16.8 Å². The van der Waals surface area contributed by atoms with Gasteiger partial charge in [0.25, 0.3) is 0 Å². The summed E-state index contributed by atoms with van der Waals surface area (Å²) in [6.45, 7) is 0. The molecule has 0 fully saturated rings. The zero-order chi connectivity index (χ0) is 36.9. The molecule has 0 saturated carbocycles. The van der Waals surface area contributed by atoms with Gasteiger partial charge in [-0.25, -0.2) is 25.3 Å². The molecule has 0 saturated heterocycles. The van der Waals surface area contributed by atoms with Crippen molar-refractivity contribution in [3.63, 3.8) is 0 Å². The maximum absolute atomic E-state index is 14.4. The molecule has 5 aromatic rings. The van der Waals surface area contributed by atoms with Crippen LogP contribution in [-0.4, -0.2) is 72.4 Å². The molecular weight excluding hydrogens is 803 g/mol. The summed E-state index contributed by atoms with van der Waals surface area (Å²) in [7, 11) is -14.4. The van der Waals surface area contributed by atoms with Gasteiger partial charge in [0.15, 0.2) is 0 Å².